The first-order valence-electron chi connectivity index (χ1n) is 11.8. The number of anilines is 1. The van der Waals surface area contributed by atoms with Gasteiger partial charge in [-0.05, 0) is 64.7 Å². The highest BCUT2D eigenvalue weighted by atomic mass is 35.5. The van der Waals surface area contributed by atoms with Crippen LogP contribution in [0, 0.1) is 12.9 Å². The summed E-state index contributed by atoms with van der Waals surface area (Å²) in [6.07, 6.45) is 3.35. The molecule has 0 unspecified atom stereocenters. The molecule has 1 atom stereocenters. The molecule has 3 aromatic heterocycles. The van der Waals surface area contributed by atoms with E-state index in [4.69, 9.17) is 23.2 Å². The number of aromatic amines is 1. The number of amides is 2. The van der Waals surface area contributed by atoms with Gasteiger partial charge in [0.25, 0.3) is 5.91 Å². The van der Waals surface area contributed by atoms with Crippen molar-refractivity contribution >= 4 is 40.8 Å². The lowest BCUT2D eigenvalue weighted by molar-refractivity contribution is -0.118. The number of alkyl halides is 2. The smallest absolute Gasteiger partial charge is 0.270 e. The predicted octanol–water partition coefficient (Wildman–Crippen LogP) is 4.97. The summed E-state index contributed by atoms with van der Waals surface area (Å²) in [5.74, 6) is -1.69. The van der Waals surface area contributed by atoms with Gasteiger partial charge in [-0.15, -0.1) is 23.2 Å². The number of halogens is 3. The molecule has 3 rings (SSSR count). The summed E-state index contributed by atoms with van der Waals surface area (Å²) in [5, 5.41) is 16.6. The molecular weight excluding hydrogens is 508 g/mol. The average Bonchev–Trinajstić information content (AvgIpc) is 3.45. The van der Waals surface area contributed by atoms with Gasteiger partial charge in [-0.3, -0.25) is 19.4 Å². The van der Waals surface area contributed by atoms with Crippen LogP contribution in [0.25, 0.3) is 11.1 Å². The van der Waals surface area contributed by atoms with Crippen molar-refractivity contribution < 1.29 is 14.0 Å². The van der Waals surface area contributed by atoms with E-state index in [2.05, 4.69) is 30.9 Å². The zero-order valence-electron chi connectivity index (χ0n) is 20.6. The number of hydrogen-bond acceptors (Lipinski definition) is 5. The Morgan fingerprint density at radius 1 is 1.19 bits per heavy atom. The molecule has 194 valence electrons. The van der Waals surface area contributed by atoms with Crippen molar-refractivity contribution in [2.24, 2.45) is 0 Å². The number of carbonyl (C=O) groups excluding carboxylic acids is 2. The Labute approximate surface area is 219 Å². The van der Waals surface area contributed by atoms with Crippen molar-refractivity contribution in [2.45, 2.75) is 70.3 Å². The Hall–Kier alpha value is -2.98. The van der Waals surface area contributed by atoms with Crippen LogP contribution in [0.3, 0.4) is 0 Å². The summed E-state index contributed by atoms with van der Waals surface area (Å²) in [4.78, 5) is 29.4. The van der Waals surface area contributed by atoms with Crippen molar-refractivity contribution in [3.05, 3.63) is 47.4 Å². The first kappa shape index (κ1) is 27.6. The molecule has 0 bridgehead atoms. The van der Waals surface area contributed by atoms with Gasteiger partial charge in [0.1, 0.15) is 22.4 Å². The molecule has 36 heavy (non-hydrogen) atoms. The van der Waals surface area contributed by atoms with Crippen LogP contribution < -0.4 is 10.6 Å². The quantitative estimate of drug-likeness (QED) is 0.235. The van der Waals surface area contributed by atoms with Gasteiger partial charge in [0, 0.05) is 29.1 Å². The molecule has 0 aliphatic heterocycles. The number of aromatic nitrogens is 5. The van der Waals surface area contributed by atoms with Crippen LogP contribution >= 0.6 is 23.2 Å². The van der Waals surface area contributed by atoms with Crippen LogP contribution in [0.4, 0.5) is 10.2 Å². The topological polar surface area (TPSA) is 118 Å². The third kappa shape index (κ3) is 6.61. The second kappa shape index (κ2) is 12.3. The fourth-order valence-electron chi connectivity index (χ4n) is 3.88. The molecule has 0 radical (unpaired) electrons. The summed E-state index contributed by atoms with van der Waals surface area (Å²) < 4.78 is 16.5. The maximum absolute atomic E-state index is 15.0. The molecule has 0 aliphatic rings. The molecule has 3 N–H and O–H groups in total. The number of hydrogen-bond donors (Lipinski definition) is 3. The van der Waals surface area contributed by atoms with Crippen LogP contribution in [0.1, 0.15) is 68.0 Å². The van der Waals surface area contributed by atoms with E-state index in [-0.39, 0.29) is 23.8 Å². The van der Waals surface area contributed by atoms with Gasteiger partial charge in [-0.1, -0.05) is 6.92 Å². The van der Waals surface area contributed by atoms with Gasteiger partial charge in [0.05, 0.1) is 5.69 Å². The van der Waals surface area contributed by atoms with Gasteiger partial charge < -0.3 is 10.6 Å². The Morgan fingerprint density at radius 3 is 2.58 bits per heavy atom. The fourth-order valence-corrected chi connectivity index (χ4v) is 4.19. The molecule has 0 fully saturated rings. The van der Waals surface area contributed by atoms with Crippen molar-refractivity contribution in [3.8, 4) is 11.1 Å². The van der Waals surface area contributed by atoms with Crippen molar-refractivity contribution in [1.29, 1.82) is 0 Å². The molecule has 0 aliphatic carbocycles. The van der Waals surface area contributed by atoms with Crippen LogP contribution in [0.15, 0.2) is 24.4 Å². The van der Waals surface area contributed by atoms with Crippen LogP contribution in [-0.2, 0) is 11.2 Å². The zero-order valence-corrected chi connectivity index (χ0v) is 22.1. The van der Waals surface area contributed by atoms with E-state index >= 15 is 0 Å². The van der Waals surface area contributed by atoms with E-state index in [1.54, 1.807) is 23.7 Å². The lowest BCUT2D eigenvalue weighted by Gasteiger charge is -2.19. The minimum absolute atomic E-state index is 0.0273. The molecule has 12 heteroatoms. The van der Waals surface area contributed by atoms with Crippen LogP contribution in [0.2, 0.25) is 0 Å². The van der Waals surface area contributed by atoms with Crippen LogP contribution in [0.5, 0.6) is 0 Å². The zero-order chi connectivity index (χ0) is 26.4. The number of nitrogens with one attached hydrogen (secondary N) is 3. The van der Waals surface area contributed by atoms with Gasteiger partial charge >= 0.3 is 0 Å². The van der Waals surface area contributed by atoms with Gasteiger partial charge in [0.15, 0.2) is 0 Å². The van der Waals surface area contributed by atoms with E-state index in [9.17, 15) is 14.0 Å². The molecule has 0 saturated carbocycles. The SMILES string of the molecule is CCc1n[nH]c(C)c1-c1ccc(NC(=O)[C@H](CCCC(Cl)Cl)NC(=O)c2ccnn2C(C)C)nc1F. The average molecular weight is 538 g/mol. The van der Waals surface area contributed by atoms with E-state index in [1.165, 1.54) is 12.3 Å². The molecule has 3 heterocycles. The summed E-state index contributed by atoms with van der Waals surface area (Å²) in [6, 6.07) is 3.68. The van der Waals surface area contributed by atoms with Gasteiger partial charge in [-0.25, -0.2) is 4.98 Å². The predicted molar refractivity (Wildman–Crippen MR) is 138 cm³/mol. The van der Waals surface area contributed by atoms with Crippen molar-refractivity contribution in [1.82, 2.24) is 30.3 Å². The van der Waals surface area contributed by atoms with E-state index < -0.39 is 28.6 Å². The first-order chi connectivity index (χ1) is 17.1. The summed E-state index contributed by atoms with van der Waals surface area (Å²) >= 11 is 11.7. The maximum Gasteiger partial charge on any atom is 0.270 e. The number of rotatable bonds is 11. The fraction of sp³-hybridized carbons (Fsp3) is 0.458. The number of carbonyl (C=O) groups is 2. The van der Waals surface area contributed by atoms with E-state index in [0.29, 0.717) is 30.5 Å². The third-order valence-corrected chi connectivity index (χ3v) is 6.09. The number of H-pyrrole nitrogens is 1. The molecule has 2 amide bonds. The number of pyridine rings is 1. The molecule has 9 nitrogen and oxygen atoms in total. The van der Waals surface area contributed by atoms with Crippen molar-refractivity contribution in [2.75, 3.05) is 5.32 Å². The van der Waals surface area contributed by atoms with Gasteiger partial charge in [0.2, 0.25) is 11.9 Å². The minimum Gasteiger partial charge on any atom is -0.339 e. The lowest BCUT2D eigenvalue weighted by atomic mass is 10.0. The molecule has 0 saturated heterocycles. The summed E-state index contributed by atoms with van der Waals surface area (Å²) in [6.45, 7) is 7.53. The minimum atomic E-state index is -0.924. The summed E-state index contributed by atoms with van der Waals surface area (Å²) in [5.41, 5.74) is 2.73. The largest absolute Gasteiger partial charge is 0.339 e. The first-order valence-corrected chi connectivity index (χ1v) is 12.6. The Kier molecular flexibility index (Phi) is 9.44. The third-order valence-electron chi connectivity index (χ3n) is 5.66. The maximum atomic E-state index is 15.0. The van der Waals surface area contributed by atoms with E-state index in [0.717, 1.165) is 11.4 Å². The Balaban J connectivity index is 1.78. The van der Waals surface area contributed by atoms with Crippen LogP contribution in [-0.4, -0.2) is 47.7 Å². The van der Waals surface area contributed by atoms with Gasteiger partial charge in [-0.2, -0.15) is 14.6 Å². The Morgan fingerprint density at radius 2 is 1.94 bits per heavy atom. The van der Waals surface area contributed by atoms with Crippen molar-refractivity contribution in [3.63, 3.8) is 0 Å². The highest BCUT2D eigenvalue weighted by Gasteiger charge is 2.25. The second-order valence-corrected chi connectivity index (χ2v) is 9.93. The molecule has 0 aromatic carbocycles. The highest BCUT2D eigenvalue weighted by molar-refractivity contribution is 6.44. The normalized spacial score (nSPS) is 12.2. The highest BCUT2D eigenvalue weighted by Crippen LogP contribution is 2.29. The number of aryl methyl sites for hydroxylation is 2. The second-order valence-electron chi connectivity index (χ2n) is 8.65. The summed E-state index contributed by atoms with van der Waals surface area (Å²) in [7, 11) is 0. The number of nitrogens with zero attached hydrogens (tertiary/aromatic N) is 4. The molecule has 3 aromatic rings. The monoisotopic (exact) mass is 537 g/mol. The lowest BCUT2D eigenvalue weighted by Crippen LogP contribution is -2.44. The standard InChI is InChI=1S/C24H30Cl2FN7O2/c1-5-16-21(14(4)32-33-16)15-9-10-20(30-22(15)27)31-23(35)17(7-6-8-19(25)26)29-24(36)18-11-12-28-34(18)13(2)3/h9-13,17,19H,5-8H2,1-4H3,(H,29,36)(H,32,33)(H,30,31,35)/t17-/m0/s1. The molecule has 0 spiro atoms. The van der Waals surface area contributed by atoms with E-state index in [1.807, 2.05) is 20.8 Å². The molecular formula is C24H30Cl2FN7O2. The Bertz CT molecular complexity index is 1210.